The van der Waals surface area contributed by atoms with E-state index in [9.17, 15) is 4.79 Å². The number of benzene rings is 1. The summed E-state index contributed by atoms with van der Waals surface area (Å²) in [7, 11) is 0. The number of thioether (sulfide) groups is 1. The van der Waals surface area contributed by atoms with Crippen LogP contribution in [0.15, 0.2) is 24.3 Å². The van der Waals surface area contributed by atoms with Crippen LogP contribution in [0.25, 0.3) is 0 Å². The highest BCUT2D eigenvalue weighted by Crippen LogP contribution is 2.24. The monoisotopic (exact) mass is 308 g/mol. The predicted octanol–water partition coefficient (Wildman–Crippen LogP) is 2.59. The average molecular weight is 308 g/mol. The minimum Gasteiger partial charge on any atom is -0.396 e. The van der Waals surface area contributed by atoms with E-state index >= 15 is 0 Å². The van der Waals surface area contributed by atoms with Gasteiger partial charge in [0.15, 0.2) is 0 Å². The van der Waals surface area contributed by atoms with Crippen LogP contribution in [0, 0.1) is 5.92 Å². The summed E-state index contributed by atoms with van der Waals surface area (Å²) in [4.78, 5) is 14.1. The highest BCUT2D eigenvalue weighted by Gasteiger charge is 2.15. The second-order valence-corrected chi connectivity index (χ2v) is 6.65. The molecule has 0 spiro atoms. The smallest absolute Gasteiger partial charge is 0.234 e. The Hall–Kier alpha value is -1.20. The van der Waals surface area contributed by atoms with E-state index < -0.39 is 0 Å². The predicted molar refractivity (Wildman–Crippen MR) is 90.1 cm³/mol. The molecule has 116 valence electrons. The maximum absolute atomic E-state index is 11.7. The first-order chi connectivity index (χ1) is 10.2. The van der Waals surface area contributed by atoms with E-state index in [0.29, 0.717) is 11.5 Å². The van der Waals surface area contributed by atoms with Crippen molar-refractivity contribution in [3.05, 3.63) is 24.3 Å². The fourth-order valence-corrected chi connectivity index (χ4v) is 2.98. The van der Waals surface area contributed by atoms with E-state index in [4.69, 9.17) is 5.11 Å². The SMILES string of the molecule is CC1CCN(c2ccc(NC(=O)CSCCO)cc2)CC1. The normalized spacial score (nSPS) is 16.0. The first kappa shape index (κ1) is 16.2. The fourth-order valence-electron chi connectivity index (χ4n) is 2.45. The van der Waals surface area contributed by atoms with Crippen molar-refractivity contribution in [1.82, 2.24) is 0 Å². The molecule has 0 aliphatic carbocycles. The van der Waals surface area contributed by atoms with Gasteiger partial charge in [0.05, 0.1) is 12.4 Å². The van der Waals surface area contributed by atoms with Gasteiger partial charge < -0.3 is 15.3 Å². The summed E-state index contributed by atoms with van der Waals surface area (Å²) in [6.45, 7) is 4.65. The largest absolute Gasteiger partial charge is 0.396 e. The van der Waals surface area contributed by atoms with Gasteiger partial charge in [-0.25, -0.2) is 0 Å². The molecule has 1 heterocycles. The average Bonchev–Trinajstić information content (AvgIpc) is 2.49. The lowest BCUT2D eigenvalue weighted by atomic mass is 9.99. The Kier molecular flexibility index (Phi) is 6.39. The summed E-state index contributed by atoms with van der Waals surface area (Å²) in [6.07, 6.45) is 2.50. The first-order valence-corrected chi connectivity index (χ1v) is 8.68. The summed E-state index contributed by atoms with van der Waals surface area (Å²) in [6, 6.07) is 8.07. The minimum atomic E-state index is -0.0204. The molecule has 1 saturated heterocycles. The molecule has 1 fully saturated rings. The molecule has 1 aliphatic heterocycles. The lowest BCUT2D eigenvalue weighted by molar-refractivity contribution is -0.113. The molecule has 2 N–H and O–H groups in total. The molecule has 0 saturated carbocycles. The number of rotatable bonds is 6. The Morgan fingerprint density at radius 1 is 1.33 bits per heavy atom. The van der Waals surface area contributed by atoms with Gasteiger partial charge in [-0.15, -0.1) is 11.8 Å². The summed E-state index contributed by atoms with van der Waals surface area (Å²) in [5.41, 5.74) is 2.06. The minimum absolute atomic E-state index is 0.0204. The zero-order valence-electron chi connectivity index (χ0n) is 12.5. The van der Waals surface area contributed by atoms with Crippen molar-refractivity contribution >= 4 is 29.0 Å². The van der Waals surface area contributed by atoms with Crippen molar-refractivity contribution in [3.8, 4) is 0 Å². The van der Waals surface area contributed by atoms with Crippen LogP contribution in [0.5, 0.6) is 0 Å². The number of hydrogen-bond donors (Lipinski definition) is 2. The molecule has 0 unspecified atom stereocenters. The van der Waals surface area contributed by atoms with Crippen LogP contribution in [0.1, 0.15) is 19.8 Å². The molecular weight excluding hydrogens is 284 g/mol. The summed E-state index contributed by atoms with van der Waals surface area (Å²) < 4.78 is 0. The van der Waals surface area contributed by atoms with Gasteiger partial charge in [-0.3, -0.25) is 4.79 Å². The molecule has 1 amide bonds. The van der Waals surface area contributed by atoms with E-state index in [1.165, 1.54) is 30.3 Å². The molecule has 1 aliphatic rings. The van der Waals surface area contributed by atoms with Crippen LogP contribution in [-0.4, -0.2) is 42.2 Å². The molecule has 1 aromatic rings. The lowest BCUT2D eigenvalue weighted by Crippen LogP contribution is -2.32. The Labute approximate surface area is 130 Å². The van der Waals surface area contributed by atoms with E-state index in [-0.39, 0.29) is 12.5 Å². The Morgan fingerprint density at radius 3 is 2.62 bits per heavy atom. The third-order valence-electron chi connectivity index (χ3n) is 3.77. The molecule has 0 aromatic heterocycles. The van der Waals surface area contributed by atoms with Crippen LogP contribution in [0.4, 0.5) is 11.4 Å². The van der Waals surface area contributed by atoms with Crippen molar-refractivity contribution in [2.45, 2.75) is 19.8 Å². The third kappa shape index (κ3) is 5.25. The summed E-state index contributed by atoms with van der Waals surface area (Å²) in [5, 5.41) is 11.6. The fraction of sp³-hybridized carbons (Fsp3) is 0.562. The first-order valence-electron chi connectivity index (χ1n) is 7.52. The zero-order valence-corrected chi connectivity index (χ0v) is 13.4. The molecule has 5 heteroatoms. The van der Waals surface area contributed by atoms with Crippen molar-refractivity contribution in [3.63, 3.8) is 0 Å². The van der Waals surface area contributed by atoms with Crippen molar-refractivity contribution in [2.75, 3.05) is 41.4 Å². The van der Waals surface area contributed by atoms with Crippen LogP contribution >= 0.6 is 11.8 Å². The van der Waals surface area contributed by atoms with Gasteiger partial charge in [0.2, 0.25) is 5.91 Å². The number of piperidine rings is 1. The number of nitrogens with zero attached hydrogens (tertiary/aromatic N) is 1. The molecule has 21 heavy (non-hydrogen) atoms. The molecule has 4 nitrogen and oxygen atoms in total. The van der Waals surface area contributed by atoms with E-state index in [1.54, 1.807) is 0 Å². The van der Waals surface area contributed by atoms with Crippen molar-refractivity contribution < 1.29 is 9.90 Å². The maximum atomic E-state index is 11.7. The summed E-state index contributed by atoms with van der Waals surface area (Å²) in [5.74, 6) is 1.79. The number of nitrogens with one attached hydrogen (secondary N) is 1. The molecule has 0 radical (unpaired) electrons. The number of aliphatic hydroxyl groups is 1. The topological polar surface area (TPSA) is 52.6 Å². The second-order valence-electron chi connectivity index (χ2n) is 5.54. The van der Waals surface area contributed by atoms with Gasteiger partial charge in [-0.05, 0) is 43.0 Å². The highest BCUT2D eigenvalue weighted by molar-refractivity contribution is 7.99. The highest BCUT2D eigenvalue weighted by atomic mass is 32.2. The van der Waals surface area contributed by atoms with E-state index in [0.717, 1.165) is 24.7 Å². The van der Waals surface area contributed by atoms with Crippen LogP contribution in [0.3, 0.4) is 0 Å². The van der Waals surface area contributed by atoms with E-state index in [1.807, 2.05) is 12.1 Å². The lowest BCUT2D eigenvalue weighted by Gasteiger charge is -2.32. The molecule has 0 bridgehead atoms. The van der Waals surface area contributed by atoms with Gasteiger partial charge in [-0.2, -0.15) is 0 Å². The Bertz CT molecular complexity index is 442. The standard InChI is InChI=1S/C16H24N2O2S/c1-13-6-8-18(9-7-13)15-4-2-14(3-5-15)17-16(20)12-21-11-10-19/h2-5,13,19H,6-12H2,1H3,(H,17,20). The molecular formula is C16H24N2O2S. The number of anilines is 2. The van der Waals surface area contributed by atoms with Crippen molar-refractivity contribution in [1.29, 1.82) is 0 Å². The quantitative estimate of drug-likeness (QED) is 0.793. The molecule has 1 aromatic carbocycles. The van der Waals surface area contributed by atoms with Crippen molar-refractivity contribution in [2.24, 2.45) is 5.92 Å². The van der Waals surface area contributed by atoms with Gasteiger partial charge in [0.25, 0.3) is 0 Å². The van der Waals surface area contributed by atoms with Gasteiger partial charge in [-0.1, -0.05) is 6.92 Å². The molecule has 2 rings (SSSR count). The maximum Gasteiger partial charge on any atom is 0.234 e. The van der Waals surface area contributed by atoms with Crippen LogP contribution in [-0.2, 0) is 4.79 Å². The number of hydrogen-bond acceptors (Lipinski definition) is 4. The number of carbonyl (C=O) groups excluding carboxylic acids is 1. The number of aliphatic hydroxyl groups excluding tert-OH is 1. The van der Waals surface area contributed by atoms with Gasteiger partial charge in [0.1, 0.15) is 0 Å². The van der Waals surface area contributed by atoms with E-state index in [2.05, 4.69) is 29.3 Å². The zero-order chi connectivity index (χ0) is 15.1. The third-order valence-corrected chi connectivity index (χ3v) is 4.71. The van der Waals surface area contributed by atoms with Gasteiger partial charge in [0, 0.05) is 30.2 Å². The number of carbonyl (C=O) groups is 1. The summed E-state index contributed by atoms with van der Waals surface area (Å²) >= 11 is 1.44. The van der Waals surface area contributed by atoms with Crippen LogP contribution in [0.2, 0.25) is 0 Å². The van der Waals surface area contributed by atoms with Gasteiger partial charge >= 0.3 is 0 Å². The second kappa shape index (κ2) is 8.29. The van der Waals surface area contributed by atoms with Crippen LogP contribution < -0.4 is 10.2 Å². The number of amides is 1. The molecule has 0 atom stereocenters. The Balaban J connectivity index is 1.83. The Morgan fingerprint density at radius 2 is 2.00 bits per heavy atom.